The number of halogens is 1. The monoisotopic (exact) mass is 494 g/mol. The van der Waals surface area contributed by atoms with Gasteiger partial charge in [0, 0.05) is 28.9 Å². The molecule has 1 aromatic heterocycles. The van der Waals surface area contributed by atoms with Crippen LogP contribution in [0.1, 0.15) is 15.9 Å². The third kappa shape index (κ3) is 4.73. The Morgan fingerprint density at radius 2 is 1.77 bits per heavy atom. The van der Waals surface area contributed by atoms with E-state index in [4.69, 9.17) is 14.2 Å². The first-order valence-corrected chi connectivity index (χ1v) is 12.1. The summed E-state index contributed by atoms with van der Waals surface area (Å²) in [6.45, 7) is 0.657. The smallest absolute Gasteiger partial charge is 0.338 e. The number of fused-ring (bicyclic) bond motifs is 2. The third-order valence-corrected chi connectivity index (χ3v) is 6.73. The van der Waals surface area contributed by atoms with E-state index in [1.54, 1.807) is 18.2 Å². The molecule has 0 aliphatic carbocycles. The van der Waals surface area contributed by atoms with Crippen LogP contribution >= 0.6 is 0 Å². The van der Waals surface area contributed by atoms with E-state index in [0.717, 1.165) is 0 Å². The maximum Gasteiger partial charge on any atom is 0.338 e. The van der Waals surface area contributed by atoms with Crippen LogP contribution in [-0.4, -0.2) is 32.6 Å². The Balaban J connectivity index is 1.26. The molecule has 8 nitrogen and oxygen atoms in total. The number of esters is 1. The van der Waals surface area contributed by atoms with Gasteiger partial charge >= 0.3 is 5.97 Å². The normalized spacial score (nSPS) is 12.8. The zero-order chi connectivity index (χ0) is 24.4. The number of pyridine rings is 1. The molecule has 0 atom stereocenters. The van der Waals surface area contributed by atoms with Crippen molar-refractivity contribution in [3.8, 4) is 11.5 Å². The van der Waals surface area contributed by atoms with Crippen LogP contribution in [0.25, 0.3) is 10.9 Å². The zero-order valence-electron chi connectivity index (χ0n) is 18.2. The van der Waals surface area contributed by atoms with Crippen molar-refractivity contribution in [1.29, 1.82) is 0 Å². The molecule has 0 radical (unpaired) electrons. The summed E-state index contributed by atoms with van der Waals surface area (Å²) >= 11 is 0. The SMILES string of the molecule is O=C(OCc1ccc(F)c2cccnc12)c1ccc(NS(=O)(=O)c2ccc3c(c2)OCCO3)cc1. The van der Waals surface area contributed by atoms with Crippen LogP contribution in [0.5, 0.6) is 11.5 Å². The largest absolute Gasteiger partial charge is 0.486 e. The van der Waals surface area contributed by atoms with Gasteiger partial charge in [-0.25, -0.2) is 17.6 Å². The Hall–Kier alpha value is -4.18. The lowest BCUT2D eigenvalue weighted by molar-refractivity contribution is 0.0474. The molecular formula is C25H19FN2O6S. The molecule has 0 fully saturated rings. The van der Waals surface area contributed by atoms with Crippen LogP contribution in [0.3, 0.4) is 0 Å². The van der Waals surface area contributed by atoms with Crippen LogP contribution in [0, 0.1) is 5.82 Å². The molecule has 0 spiro atoms. The molecule has 1 N–H and O–H groups in total. The van der Waals surface area contributed by atoms with Gasteiger partial charge in [-0.1, -0.05) is 6.07 Å². The summed E-state index contributed by atoms with van der Waals surface area (Å²) in [5.74, 6) is -0.166. The Morgan fingerprint density at radius 1 is 1.00 bits per heavy atom. The van der Waals surface area contributed by atoms with E-state index in [1.165, 1.54) is 54.7 Å². The van der Waals surface area contributed by atoms with Crippen molar-refractivity contribution >= 4 is 32.6 Å². The second-order valence-electron chi connectivity index (χ2n) is 7.67. The summed E-state index contributed by atoms with van der Waals surface area (Å²) in [4.78, 5) is 16.7. The molecule has 0 amide bonds. The van der Waals surface area contributed by atoms with Crippen LogP contribution in [0.2, 0.25) is 0 Å². The van der Waals surface area contributed by atoms with Gasteiger partial charge in [-0.3, -0.25) is 9.71 Å². The number of hydrogen-bond acceptors (Lipinski definition) is 7. The summed E-state index contributed by atoms with van der Waals surface area (Å²) in [7, 11) is -3.89. The molecule has 1 aliphatic rings. The van der Waals surface area contributed by atoms with Gasteiger partial charge in [0.15, 0.2) is 11.5 Å². The van der Waals surface area contributed by atoms with Gasteiger partial charge in [0.05, 0.1) is 16.0 Å². The van der Waals surface area contributed by atoms with Crippen LogP contribution in [-0.2, 0) is 21.4 Å². The minimum absolute atomic E-state index is 0.0189. The highest BCUT2D eigenvalue weighted by Gasteiger charge is 2.20. The molecular weight excluding hydrogens is 475 g/mol. The molecule has 0 bridgehead atoms. The lowest BCUT2D eigenvalue weighted by Crippen LogP contribution is -2.17. The van der Waals surface area contributed by atoms with Crippen molar-refractivity contribution < 1.29 is 31.8 Å². The quantitative estimate of drug-likeness (QED) is 0.399. The average Bonchev–Trinajstić information content (AvgIpc) is 2.88. The first kappa shape index (κ1) is 22.6. The first-order valence-electron chi connectivity index (χ1n) is 10.6. The average molecular weight is 495 g/mol. The highest BCUT2D eigenvalue weighted by molar-refractivity contribution is 7.92. The van der Waals surface area contributed by atoms with Crippen molar-refractivity contribution in [3.63, 3.8) is 0 Å². The fourth-order valence-electron chi connectivity index (χ4n) is 3.62. The number of rotatable bonds is 6. The number of hydrogen-bond donors (Lipinski definition) is 1. The molecule has 0 saturated heterocycles. The van der Waals surface area contributed by atoms with Crippen LogP contribution in [0.4, 0.5) is 10.1 Å². The molecule has 178 valence electrons. The standard InChI is InChI=1S/C25H19FN2O6S/c26-21-9-5-17(24-20(21)2-1-11-27-24)15-34-25(29)16-3-6-18(7-4-16)28-35(30,31)19-8-10-22-23(14-19)33-13-12-32-22/h1-11,14,28H,12-13,15H2. The number of ether oxygens (including phenoxy) is 3. The lowest BCUT2D eigenvalue weighted by Gasteiger charge is -2.19. The van der Waals surface area contributed by atoms with Crippen molar-refractivity contribution in [3.05, 3.63) is 89.9 Å². The maximum absolute atomic E-state index is 14.0. The fraction of sp³-hybridized carbons (Fsp3) is 0.120. The molecule has 0 unspecified atom stereocenters. The fourth-order valence-corrected chi connectivity index (χ4v) is 4.69. The van der Waals surface area contributed by atoms with E-state index in [2.05, 4.69) is 9.71 Å². The zero-order valence-corrected chi connectivity index (χ0v) is 19.0. The van der Waals surface area contributed by atoms with Crippen molar-refractivity contribution in [1.82, 2.24) is 4.98 Å². The number of aromatic nitrogens is 1. The predicted octanol–water partition coefficient (Wildman–Crippen LogP) is 4.30. The van der Waals surface area contributed by atoms with Gasteiger partial charge in [-0.15, -0.1) is 0 Å². The van der Waals surface area contributed by atoms with Gasteiger partial charge in [0.2, 0.25) is 0 Å². The number of carbonyl (C=O) groups is 1. The van der Waals surface area contributed by atoms with Gasteiger partial charge < -0.3 is 14.2 Å². The highest BCUT2D eigenvalue weighted by Crippen LogP contribution is 2.32. The molecule has 1 aliphatic heterocycles. The molecule has 0 saturated carbocycles. The van der Waals surface area contributed by atoms with E-state index in [1.807, 2.05) is 0 Å². The predicted molar refractivity (Wildman–Crippen MR) is 126 cm³/mol. The molecule has 3 aromatic carbocycles. The molecule has 5 rings (SSSR count). The van der Waals surface area contributed by atoms with E-state index in [9.17, 15) is 17.6 Å². The van der Waals surface area contributed by atoms with Gasteiger partial charge in [-0.05, 0) is 54.6 Å². The number of nitrogens with one attached hydrogen (secondary N) is 1. The number of benzene rings is 3. The summed E-state index contributed by atoms with van der Waals surface area (Å²) in [5.41, 5.74) is 1.49. The van der Waals surface area contributed by atoms with Crippen molar-refractivity contribution in [2.75, 3.05) is 17.9 Å². The van der Waals surface area contributed by atoms with Crippen molar-refractivity contribution in [2.24, 2.45) is 0 Å². The minimum Gasteiger partial charge on any atom is -0.486 e. The highest BCUT2D eigenvalue weighted by atomic mass is 32.2. The van der Waals surface area contributed by atoms with Crippen LogP contribution < -0.4 is 14.2 Å². The molecule has 35 heavy (non-hydrogen) atoms. The Morgan fingerprint density at radius 3 is 2.57 bits per heavy atom. The van der Waals surface area contributed by atoms with E-state index >= 15 is 0 Å². The van der Waals surface area contributed by atoms with Gasteiger partial charge in [0.25, 0.3) is 10.0 Å². The maximum atomic E-state index is 14.0. The summed E-state index contributed by atoms with van der Waals surface area (Å²) in [6.07, 6.45) is 1.54. The Labute approximate surface area is 200 Å². The van der Waals surface area contributed by atoms with E-state index in [0.29, 0.717) is 41.2 Å². The number of sulfonamides is 1. The second-order valence-corrected chi connectivity index (χ2v) is 9.35. The number of carbonyl (C=O) groups excluding carboxylic acids is 1. The second kappa shape index (κ2) is 9.22. The van der Waals surface area contributed by atoms with E-state index in [-0.39, 0.29) is 22.8 Å². The number of anilines is 1. The van der Waals surface area contributed by atoms with Crippen molar-refractivity contribution in [2.45, 2.75) is 11.5 Å². The minimum atomic E-state index is -3.89. The van der Waals surface area contributed by atoms with Crippen LogP contribution in [0.15, 0.2) is 77.8 Å². The molecule has 10 heteroatoms. The summed E-state index contributed by atoms with van der Waals surface area (Å²) < 4.78 is 58.2. The Bertz CT molecular complexity index is 1520. The van der Waals surface area contributed by atoms with Gasteiger partial charge in [-0.2, -0.15) is 0 Å². The number of nitrogens with zero attached hydrogens (tertiary/aromatic N) is 1. The molecule has 2 heterocycles. The van der Waals surface area contributed by atoms with Gasteiger partial charge in [0.1, 0.15) is 25.6 Å². The van der Waals surface area contributed by atoms with E-state index < -0.39 is 21.8 Å². The molecule has 4 aromatic rings. The summed E-state index contributed by atoms with van der Waals surface area (Å²) in [6, 6.07) is 16.2. The summed E-state index contributed by atoms with van der Waals surface area (Å²) in [5, 5.41) is 0.343. The topological polar surface area (TPSA) is 104 Å². The Kier molecular flexibility index (Phi) is 5.96. The third-order valence-electron chi connectivity index (χ3n) is 5.36. The lowest BCUT2D eigenvalue weighted by atomic mass is 10.1. The first-order chi connectivity index (χ1) is 16.9.